The lowest BCUT2D eigenvalue weighted by molar-refractivity contribution is -0.123. The van der Waals surface area contributed by atoms with Crippen molar-refractivity contribution in [1.29, 1.82) is 0 Å². The highest BCUT2D eigenvalue weighted by Crippen LogP contribution is 2.27. The second kappa shape index (κ2) is 8.61. The summed E-state index contributed by atoms with van der Waals surface area (Å²) in [6.45, 7) is 7.91. The van der Waals surface area contributed by atoms with Crippen molar-refractivity contribution >= 4 is 11.6 Å². The van der Waals surface area contributed by atoms with E-state index >= 15 is 0 Å². The number of nitrogens with zero attached hydrogens (tertiary/aromatic N) is 3. The molecule has 144 valence electrons. The molecular weight excluding hydrogens is 338 g/mol. The van der Waals surface area contributed by atoms with E-state index in [9.17, 15) is 4.79 Å². The molecule has 1 aromatic heterocycles. The number of benzene rings is 1. The zero-order chi connectivity index (χ0) is 19.4. The maximum atomic E-state index is 12.2. The van der Waals surface area contributed by atoms with E-state index < -0.39 is 0 Å². The van der Waals surface area contributed by atoms with Gasteiger partial charge in [0.05, 0.1) is 5.69 Å². The maximum Gasteiger partial charge on any atom is 0.136 e. The molecule has 0 bridgehead atoms. The zero-order valence-corrected chi connectivity index (χ0v) is 16.5. The molecule has 0 atom stereocenters. The quantitative estimate of drug-likeness (QED) is 0.844. The van der Waals surface area contributed by atoms with Crippen molar-refractivity contribution < 1.29 is 9.90 Å². The Balaban J connectivity index is 1.73. The lowest BCUT2D eigenvalue weighted by Crippen LogP contribution is -2.37. The van der Waals surface area contributed by atoms with Gasteiger partial charge in [0.25, 0.3) is 0 Å². The number of aliphatic hydroxyl groups excluding tert-OH is 1. The highest BCUT2D eigenvalue weighted by Gasteiger charge is 2.25. The van der Waals surface area contributed by atoms with E-state index in [0.717, 1.165) is 48.8 Å². The summed E-state index contributed by atoms with van der Waals surface area (Å²) in [5, 5.41) is 8.91. The van der Waals surface area contributed by atoms with E-state index in [1.807, 2.05) is 6.92 Å². The molecule has 0 radical (unpaired) electrons. The Labute approximate surface area is 161 Å². The third kappa shape index (κ3) is 4.72. The van der Waals surface area contributed by atoms with E-state index in [-0.39, 0.29) is 12.5 Å². The van der Waals surface area contributed by atoms with Crippen LogP contribution in [0.3, 0.4) is 0 Å². The van der Waals surface area contributed by atoms with E-state index in [2.05, 4.69) is 53.0 Å². The fourth-order valence-corrected chi connectivity index (χ4v) is 3.65. The first-order valence-corrected chi connectivity index (χ1v) is 9.79. The number of carbonyl (C=O) groups excluding carboxylic acids is 1. The molecule has 1 N–H and O–H groups in total. The van der Waals surface area contributed by atoms with Crippen LogP contribution >= 0.6 is 0 Å². The average Bonchev–Trinajstić information content (AvgIpc) is 2.68. The molecule has 0 amide bonds. The summed E-state index contributed by atoms with van der Waals surface area (Å²) in [6.07, 6.45) is 2.77. The van der Waals surface area contributed by atoms with Gasteiger partial charge in [-0.2, -0.15) is 0 Å². The standard InChI is InChI=1S/C22H29N3O2/c1-15-6-7-19(13-16(15)2)20-14-22(24-17(3)23-20)25-10-8-18(9-11-25)21(27)5-4-12-26/h6-7,13-14,18,26H,4-5,8-12H2,1-3H3. The molecule has 3 rings (SSSR count). The number of rotatable bonds is 6. The maximum absolute atomic E-state index is 12.2. The van der Waals surface area contributed by atoms with Gasteiger partial charge >= 0.3 is 0 Å². The van der Waals surface area contributed by atoms with Crippen LogP contribution in [0, 0.1) is 26.7 Å². The summed E-state index contributed by atoms with van der Waals surface area (Å²) in [6, 6.07) is 8.48. The van der Waals surface area contributed by atoms with Gasteiger partial charge in [0, 0.05) is 43.7 Å². The van der Waals surface area contributed by atoms with Gasteiger partial charge in [0.1, 0.15) is 17.4 Å². The number of ketones is 1. The van der Waals surface area contributed by atoms with Crippen LogP contribution in [0.2, 0.25) is 0 Å². The summed E-state index contributed by atoms with van der Waals surface area (Å²) in [5.74, 6) is 2.12. The predicted molar refractivity (Wildman–Crippen MR) is 108 cm³/mol. The Kier molecular flexibility index (Phi) is 6.22. The van der Waals surface area contributed by atoms with Crippen LogP contribution in [0.4, 0.5) is 5.82 Å². The first kappa shape index (κ1) is 19.5. The molecule has 27 heavy (non-hydrogen) atoms. The lowest BCUT2D eigenvalue weighted by atomic mass is 9.90. The summed E-state index contributed by atoms with van der Waals surface area (Å²) in [5.41, 5.74) is 4.59. The van der Waals surface area contributed by atoms with E-state index in [0.29, 0.717) is 18.6 Å². The summed E-state index contributed by atoms with van der Waals surface area (Å²) in [7, 11) is 0. The topological polar surface area (TPSA) is 66.3 Å². The molecule has 0 unspecified atom stereocenters. The molecule has 0 aliphatic carbocycles. The summed E-state index contributed by atoms with van der Waals surface area (Å²) >= 11 is 0. The first-order chi connectivity index (χ1) is 13.0. The van der Waals surface area contributed by atoms with Crippen LogP contribution in [-0.4, -0.2) is 40.6 Å². The second-order valence-electron chi connectivity index (χ2n) is 7.51. The monoisotopic (exact) mass is 367 g/mol. The van der Waals surface area contributed by atoms with E-state index in [1.165, 1.54) is 11.1 Å². The van der Waals surface area contributed by atoms with Gasteiger partial charge in [-0.1, -0.05) is 12.1 Å². The number of carbonyl (C=O) groups is 1. The lowest BCUT2D eigenvalue weighted by Gasteiger charge is -2.32. The number of aryl methyl sites for hydroxylation is 3. The highest BCUT2D eigenvalue weighted by molar-refractivity contribution is 5.81. The van der Waals surface area contributed by atoms with Gasteiger partial charge in [-0.05, 0) is 57.2 Å². The molecule has 5 heteroatoms. The largest absolute Gasteiger partial charge is 0.396 e. The number of anilines is 1. The van der Waals surface area contributed by atoms with Gasteiger partial charge in [0.2, 0.25) is 0 Å². The minimum Gasteiger partial charge on any atom is -0.396 e. The highest BCUT2D eigenvalue weighted by atomic mass is 16.3. The minimum absolute atomic E-state index is 0.0893. The van der Waals surface area contributed by atoms with Crippen LogP contribution in [0.25, 0.3) is 11.3 Å². The Bertz CT molecular complexity index is 811. The molecule has 1 aromatic carbocycles. The molecule has 1 saturated heterocycles. The van der Waals surface area contributed by atoms with Crippen LogP contribution in [-0.2, 0) is 4.79 Å². The van der Waals surface area contributed by atoms with Gasteiger partial charge in [0.15, 0.2) is 0 Å². The molecule has 2 aromatic rings. The van der Waals surface area contributed by atoms with Crippen LogP contribution in [0.15, 0.2) is 24.3 Å². The Morgan fingerprint density at radius 2 is 1.85 bits per heavy atom. The van der Waals surface area contributed by atoms with Gasteiger partial charge in [-0.3, -0.25) is 4.79 Å². The van der Waals surface area contributed by atoms with Crippen molar-refractivity contribution in [3.8, 4) is 11.3 Å². The molecule has 1 fully saturated rings. The number of aliphatic hydroxyl groups is 1. The van der Waals surface area contributed by atoms with E-state index in [1.54, 1.807) is 0 Å². The molecule has 0 saturated carbocycles. The number of Topliss-reactive ketones (excluding diaryl/α,β-unsaturated/α-hetero) is 1. The molecule has 1 aliphatic heterocycles. The molecule has 2 heterocycles. The van der Waals surface area contributed by atoms with Gasteiger partial charge < -0.3 is 10.0 Å². The fraction of sp³-hybridized carbons (Fsp3) is 0.500. The number of aromatic nitrogens is 2. The van der Waals surface area contributed by atoms with E-state index in [4.69, 9.17) is 5.11 Å². The Morgan fingerprint density at radius 1 is 1.11 bits per heavy atom. The molecule has 1 aliphatic rings. The third-order valence-electron chi connectivity index (χ3n) is 5.48. The minimum atomic E-state index is 0.0893. The van der Waals surface area contributed by atoms with Crippen LogP contribution < -0.4 is 4.90 Å². The van der Waals surface area contributed by atoms with Crippen LogP contribution in [0.1, 0.15) is 42.6 Å². The van der Waals surface area contributed by atoms with Gasteiger partial charge in [-0.25, -0.2) is 9.97 Å². The van der Waals surface area contributed by atoms with Crippen molar-refractivity contribution in [2.75, 3.05) is 24.6 Å². The second-order valence-corrected chi connectivity index (χ2v) is 7.51. The van der Waals surface area contributed by atoms with Crippen LogP contribution in [0.5, 0.6) is 0 Å². The van der Waals surface area contributed by atoms with Crippen molar-refractivity contribution in [2.45, 2.75) is 46.5 Å². The number of hydrogen-bond acceptors (Lipinski definition) is 5. The Hall–Kier alpha value is -2.27. The fourth-order valence-electron chi connectivity index (χ4n) is 3.65. The zero-order valence-electron chi connectivity index (χ0n) is 16.5. The number of hydrogen-bond donors (Lipinski definition) is 1. The SMILES string of the molecule is Cc1nc(-c2ccc(C)c(C)c2)cc(N2CCC(C(=O)CCCO)CC2)n1. The van der Waals surface area contributed by atoms with Crippen molar-refractivity contribution in [3.63, 3.8) is 0 Å². The normalized spacial score (nSPS) is 15.2. The first-order valence-electron chi connectivity index (χ1n) is 9.79. The number of piperidine rings is 1. The third-order valence-corrected chi connectivity index (χ3v) is 5.48. The molecular formula is C22H29N3O2. The van der Waals surface area contributed by atoms with Crippen molar-refractivity contribution in [3.05, 3.63) is 41.2 Å². The molecule has 5 nitrogen and oxygen atoms in total. The summed E-state index contributed by atoms with van der Waals surface area (Å²) in [4.78, 5) is 23.7. The average molecular weight is 367 g/mol. The van der Waals surface area contributed by atoms with Crippen molar-refractivity contribution in [2.24, 2.45) is 5.92 Å². The Morgan fingerprint density at radius 3 is 2.52 bits per heavy atom. The van der Waals surface area contributed by atoms with Crippen molar-refractivity contribution in [1.82, 2.24) is 9.97 Å². The smallest absolute Gasteiger partial charge is 0.136 e. The van der Waals surface area contributed by atoms with Gasteiger partial charge in [-0.15, -0.1) is 0 Å². The molecule has 0 spiro atoms. The summed E-state index contributed by atoms with van der Waals surface area (Å²) < 4.78 is 0. The predicted octanol–water partition coefficient (Wildman–Crippen LogP) is 3.63.